The van der Waals surface area contributed by atoms with Crippen LogP contribution in [0.2, 0.25) is 5.02 Å². The first-order chi connectivity index (χ1) is 8.99. The lowest BCUT2D eigenvalue weighted by atomic mass is 10.1. The van der Waals surface area contributed by atoms with Gasteiger partial charge in [-0.1, -0.05) is 17.7 Å². The van der Waals surface area contributed by atoms with E-state index in [1.54, 1.807) is 13.0 Å². The van der Waals surface area contributed by atoms with Crippen LogP contribution in [0.5, 0.6) is 0 Å². The molecule has 0 aliphatic heterocycles. The third-order valence-corrected chi connectivity index (χ3v) is 3.96. The molecule has 1 atom stereocenters. The SMILES string of the molecule is CC(O)(CNC(=O)c1cc(Cl)ccn1)c1cccs1. The summed E-state index contributed by atoms with van der Waals surface area (Å²) in [5.74, 6) is -0.362. The van der Waals surface area contributed by atoms with Crippen molar-refractivity contribution in [3.8, 4) is 0 Å². The van der Waals surface area contributed by atoms with Crippen molar-refractivity contribution in [3.05, 3.63) is 51.4 Å². The lowest BCUT2D eigenvalue weighted by Gasteiger charge is -2.22. The highest BCUT2D eigenvalue weighted by molar-refractivity contribution is 7.10. The van der Waals surface area contributed by atoms with Gasteiger partial charge in [-0.05, 0) is 30.5 Å². The lowest BCUT2D eigenvalue weighted by Crippen LogP contribution is -2.38. The Bertz CT molecular complexity index is 570. The Kier molecular flexibility index (Phi) is 4.19. The number of thiophene rings is 1. The van der Waals surface area contributed by atoms with Crippen LogP contribution in [0.4, 0.5) is 0 Å². The van der Waals surface area contributed by atoms with Gasteiger partial charge in [0.2, 0.25) is 0 Å². The Hall–Kier alpha value is -1.43. The predicted molar refractivity (Wildman–Crippen MR) is 75.5 cm³/mol. The van der Waals surface area contributed by atoms with Gasteiger partial charge in [0.05, 0.1) is 6.54 Å². The monoisotopic (exact) mass is 296 g/mol. The van der Waals surface area contributed by atoms with E-state index in [0.717, 1.165) is 4.88 Å². The third kappa shape index (κ3) is 3.53. The Morgan fingerprint density at radius 1 is 1.58 bits per heavy atom. The molecule has 6 heteroatoms. The first-order valence-corrected chi connectivity index (χ1v) is 6.91. The maximum atomic E-state index is 11.9. The summed E-state index contributed by atoms with van der Waals surface area (Å²) in [7, 11) is 0. The maximum Gasteiger partial charge on any atom is 0.270 e. The van der Waals surface area contributed by atoms with Gasteiger partial charge >= 0.3 is 0 Å². The van der Waals surface area contributed by atoms with Gasteiger partial charge in [-0.25, -0.2) is 0 Å². The van der Waals surface area contributed by atoms with Crippen molar-refractivity contribution >= 4 is 28.8 Å². The van der Waals surface area contributed by atoms with E-state index in [2.05, 4.69) is 10.3 Å². The van der Waals surface area contributed by atoms with E-state index < -0.39 is 5.60 Å². The molecule has 1 amide bonds. The number of nitrogens with zero attached hydrogens (tertiary/aromatic N) is 1. The van der Waals surface area contributed by atoms with Crippen LogP contribution in [0.15, 0.2) is 35.8 Å². The zero-order chi connectivity index (χ0) is 13.9. The van der Waals surface area contributed by atoms with E-state index in [9.17, 15) is 9.90 Å². The molecule has 4 nitrogen and oxygen atoms in total. The molecular formula is C13H13ClN2O2S. The first kappa shape index (κ1) is 14.0. The van der Waals surface area contributed by atoms with E-state index in [1.165, 1.54) is 23.6 Å². The fourth-order valence-electron chi connectivity index (χ4n) is 1.54. The fraction of sp³-hybridized carbons (Fsp3) is 0.231. The molecule has 1 unspecified atom stereocenters. The highest BCUT2D eigenvalue weighted by atomic mass is 35.5. The number of amides is 1. The van der Waals surface area contributed by atoms with Crippen molar-refractivity contribution in [1.29, 1.82) is 0 Å². The fourth-order valence-corrected chi connectivity index (χ4v) is 2.49. The second-order valence-electron chi connectivity index (χ2n) is 4.29. The molecule has 0 saturated heterocycles. The minimum atomic E-state index is -1.09. The summed E-state index contributed by atoms with van der Waals surface area (Å²) in [4.78, 5) is 16.6. The number of rotatable bonds is 4. The summed E-state index contributed by atoms with van der Waals surface area (Å²) in [6.45, 7) is 1.77. The third-order valence-electron chi connectivity index (χ3n) is 2.60. The van der Waals surface area contributed by atoms with Gasteiger partial charge in [-0.15, -0.1) is 11.3 Å². The Labute approximate surface area is 120 Å². The Morgan fingerprint density at radius 3 is 3.00 bits per heavy atom. The molecule has 0 aliphatic rings. The van der Waals surface area contributed by atoms with E-state index in [4.69, 9.17) is 11.6 Å². The average molecular weight is 297 g/mol. The summed E-state index contributed by atoms with van der Waals surface area (Å²) >= 11 is 7.23. The number of aromatic nitrogens is 1. The number of halogens is 1. The molecule has 0 aliphatic carbocycles. The van der Waals surface area contributed by atoms with Gasteiger partial charge in [0.1, 0.15) is 11.3 Å². The van der Waals surface area contributed by atoms with Crippen LogP contribution >= 0.6 is 22.9 Å². The maximum absolute atomic E-state index is 11.9. The highest BCUT2D eigenvalue weighted by Gasteiger charge is 2.25. The Morgan fingerprint density at radius 2 is 2.37 bits per heavy atom. The van der Waals surface area contributed by atoms with Crippen molar-refractivity contribution in [1.82, 2.24) is 10.3 Å². The number of nitrogens with one attached hydrogen (secondary N) is 1. The zero-order valence-electron chi connectivity index (χ0n) is 10.3. The standard InChI is InChI=1S/C13H13ClN2O2S/c1-13(18,11-3-2-6-19-11)8-16-12(17)10-7-9(14)4-5-15-10/h2-7,18H,8H2,1H3,(H,16,17). The highest BCUT2D eigenvalue weighted by Crippen LogP contribution is 2.24. The molecule has 0 fully saturated rings. The summed E-state index contributed by atoms with van der Waals surface area (Å²) in [6.07, 6.45) is 1.47. The number of carbonyl (C=O) groups is 1. The molecular weight excluding hydrogens is 284 g/mol. The van der Waals surface area contributed by atoms with E-state index in [-0.39, 0.29) is 18.1 Å². The largest absolute Gasteiger partial charge is 0.383 e. The van der Waals surface area contributed by atoms with Crippen molar-refractivity contribution in [2.75, 3.05) is 6.54 Å². The minimum Gasteiger partial charge on any atom is -0.383 e. The molecule has 0 saturated carbocycles. The van der Waals surface area contributed by atoms with Gasteiger partial charge < -0.3 is 10.4 Å². The molecule has 2 aromatic heterocycles. The van der Waals surface area contributed by atoms with Gasteiger partial charge in [0, 0.05) is 16.1 Å². The van der Waals surface area contributed by atoms with Gasteiger partial charge in [0.25, 0.3) is 5.91 Å². The normalized spacial score (nSPS) is 13.8. The minimum absolute atomic E-state index is 0.112. The van der Waals surface area contributed by atoms with E-state index >= 15 is 0 Å². The molecule has 2 N–H and O–H groups in total. The number of hydrogen-bond donors (Lipinski definition) is 2. The molecule has 19 heavy (non-hydrogen) atoms. The quantitative estimate of drug-likeness (QED) is 0.911. The molecule has 0 radical (unpaired) electrons. The topological polar surface area (TPSA) is 62.2 Å². The lowest BCUT2D eigenvalue weighted by molar-refractivity contribution is 0.0555. The smallest absolute Gasteiger partial charge is 0.270 e. The zero-order valence-corrected chi connectivity index (χ0v) is 11.8. The number of pyridine rings is 1. The predicted octanol–water partition coefficient (Wildman–Crippen LogP) is 2.43. The van der Waals surface area contributed by atoms with Crippen LogP contribution in [0.25, 0.3) is 0 Å². The van der Waals surface area contributed by atoms with Crippen molar-refractivity contribution < 1.29 is 9.90 Å². The number of aliphatic hydroxyl groups is 1. The van der Waals surface area contributed by atoms with Crippen LogP contribution in [0.1, 0.15) is 22.3 Å². The average Bonchev–Trinajstić information content (AvgIpc) is 2.90. The molecule has 100 valence electrons. The molecule has 2 rings (SSSR count). The van der Waals surface area contributed by atoms with E-state index in [0.29, 0.717) is 5.02 Å². The second kappa shape index (κ2) is 5.69. The Balaban J connectivity index is 2.01. The molecule has 2 heterocycles. The van der Waals surface area contributed by atoms with Crippen molar-refractivity contribution in [2.45, 2.75) is 12.5 Å². The van der Waals surface area contributed by atoms with Gasteiger partial charge in [-0.2, -0.15) is 0 Å². The molecule has 0 aromatic carbocycles. The van der Waals surface area contributed by atoms with Crippen molar-refractivity contribution in [3.63, 3.8) is 0 Å². The summed E-state index contributed by atoms with van der Waals surface area (Å²) in [6, 6.07) is 6.76. The van der Waals surface area contributed by atoms with E-state index in [1.807, 2.05) is 17.5 Å². The summed E-state index contributed by atoms with van der Waals surface area (Å²) < 4.78 is 0. The van der Waals surface area contributed by atoms with Crippen molar-refractivity contribution in [2.24, 2.45) is 0 Å². The van der Waals surface area contributed by atoms with Gasteiger partial charge in [-0.3, -0.25) is 9.78 Å². The van der Waals surface area contributed by atoms with Crippen LogP contribution in [0, 0.1) is 0 Å². The molecule has 0 bridgehead atoms. The van der Waals surface area contributed by atoms with Crippen LogP contribution in [0.3, 0.4) is 0 Å². The first-order valence-electron chi connectivity index (χ1n) is 5.65. The van der Waals surface area contributed by atoms with Crippen LogP contribution < -0.4 is 5.32 Å². The number of hydrogen-bond acceptors (Lipinski definition) is 4. The second-order valence-corrected chi connectivity index (χ2v) is 5.68. The molecule has 0 spiro atoms. The van der Waals surface area contributed by atoms with Crippen LogP contribution in [-0.4, -0.2) is 22.5 Å². The van der Waals surface area contributed by atoms with Crippen LogP contribution in [-0.2, 0) is 5.60 Å². The summed E-state index contributed by atoms with van der Waals surface area (Å²) in [5.41, 5.74) is -0.864. The van der Waals surface area contributed by atoms with Gasteiger partial charge in [0.15, 0.2) is 0 Å². The molecule has 2 aromatic rings. The number of carbonyl (C=O) groups excluding carboxylic acids is 1. The summed E-state index contributed by atoms with van der Waals surface area (Å²) in [5, 5.41) is 15.3.